The number of nitrogens with zero attached hydrogens (tertiary/aromatic N) is 1. The van der Waals surface area contributed by atoms with Crippen molar-refractivity contribution in [2.45, 2.75) is 0 Å². The first-order valence-electron chi connectivity index (χ1n) is 7.40. The van der Waals surface area contributed by atoms with Gasteiger partial charge in [-0.3, -0.25) is 10.2 Å². The number of nitrogens with one attached hydrogen (secondary N) is 1. The van der Waals surface area contributed by atoms with Crippen molar-refractivity contribution in [1.29, 1.82) is 0 Å². The number of carbonyl (C=O) groups is 1. The Morgan fingerprint density at radius 3 is 2.62 bits per heavy atom. The normalized spacial score (nSPS) is 10.7. The summed E-state index contributed by atoms with van der Waals surface area (Å²) in [6.45, 7) is 0. The van der Waals surface area contributed by atoms with Crippen LogP contribution in [0.5, 0.6) is 5.75 Å². The smallest absolute Gasteiger partial charge is 0.437 e. The molecule has 0 heterocycles. The summed E-state index contributed by atoms with van der Waals surface area (Å²) < 4.78 is 5.20. The van der Waals surface area contributed by atoms with Gasteiger partial charge in [-0.2, -0.15) is 0 Å². The molecule has 1 amide bonds. The highest BCUT2D eigenvalue weighted by Crippen LogP contribution is 2.23. The molecule has 120 valence electrons. The van der Waals surface area contributed by atoms with Gasteiger partial charge in [0.05, 0.1) is 19.0 Å². The van der Waals surface area contributed by atoms with Gasteiger partial charge in [0.1, 0.15) is 5.75 Å². The molecule has 1 N–H and O–H groups in total. The number of fused-ring (bicyclic) bond motifs is 1. The van der Waals surface area contributed by atoms with E-state index in [-0.39, 0.29) is 0 Å². The molecule has 0 aliphatic rings. The first-order valence-corrected chi connectivity index (χ1v) is 7.40. The lowest BCUT2D eigenvalue weighted by Gasteiger charge is -2.07. The van der Waals surface area contributed by atoms with Gasteiger partial charge in [0.25, 0.3) is 0 Å². The Morgan fingerprint density at radius 2 is 1.75 bits per heavy atom. The summed E-state index contributed by atoms with van der Waals surface area (Å²) in [6, 6.07) is 20.8. The van der Waals surface area contributed by atoms with Gasteiger partial charge in [-0.15, -0.1) is 0 Å². The number of carbonyl (C=O) groups excluding carboxylic acids is 1. The molecule has 0 unspecified atom stereocenters. The lowest BCUT2D eigenvalue weighted by atomic mass is 10.1. The van der Waals surface area contributed by atoms with E-state index in [1.54, 1.807) is 13.2 Å². The number of ether oxygens (including phenoxy) is 1. The summed E-state index contributed by atoms with van der Waals surface area (Å²) >= 11 is 0. The van der Waals surface area contributed by atoms with E-state index in [4.69, 9.17) is 9.57 Å². The van der Waals surface area contributed by atoms with Crippen LogP contribution in [0.3, 0.4) is 0 Å². The molecule has 0 bridgehead atoms. The zero-order valence-corrected chi connectivity index (χ0v) is 13.1. The molecule has 0 saturated carbocycles. The fourth-order valence-electron chi connectivity index (χ4n) is 2.37. The van der Waals surface area contributed by atoms with E-state index in [0.717, 1.165) is 16.3 Å². The maximum atomic E-state index is 11.9. The van der Waals surface area contributed by atoms with Crippen LogP contribution in [0.25, 0.3) is 10.8 Å². The third-order valence-corrected chi connectivity index (χ3v) is 3.49. The van der Waals surface area contributed by atoms with Crippen molar-refractivity contribution >= 4 is 28.8 Å². The molecule has 0 spiro atoms. The second-order valence-corrected chi connectivity index (χ2v) is 5.01. The fourth-order valence-corrected chi connectivity index (χ4v) is 2.37. The number of hydrogen-bond acceptors (Lipinski definition) is 4. The second-order valence-electron chi connectivity index (χ2n) is 5.01. The standard InChI is InChI=1S/C19H16N2O3/c1-23-18-12-5-3-8-15(18)13-20-24-19(22)21-17-11-6-9-14-7-2-4-10-16(14)17/h2-13H,1H3,(H,21,22)/b20-13-. The Labute approximate surface area is 139 Å². The minimum absolute atomic E-state index is 0.652. The monoisotopic (exact) mass is 320 g/mol. The van der Waals surface area contributed by atoms with E-state index < -0.39 is 6.09 Å². The van der Waals surface area contributed by atoms with Crippen LogP contribution in [-0.2, 0) is 4.84 Å². The fraction of sp³-hybridized carbons (Fsp3) is 0.0526. The summed E-state index contributed by atoms with van der Waals surface area (Å²) in [5, 5.41) is 8.37. The molecule has 0 radical (unpaired) electrons. The highest BCUT2D eigenvalue weighted by Gasteiger charge is 2.06. The minimum atomic E-state index is -0.655. The van der Waals surface area contributed by atoms with Gasteiger partial charge in [-0.25, -0.2) is 4.79 Å². The van der Waals surface area contributed by atoms with Crippen molar-refractivity contribution in [1.82, 2.24) is 0 Å². The second kappa shape index (κ2) is 7.28. The zero-order chi connectivity index (χ0) is 16.8. The number of hydrogen-bond donors (Lipinski definition) is 1. The highest BCUT2D eigenvalue weighted by molar-refractivity contribution is 6.00. The Balaban J connectivity index is 1.68. The molecule has 0 aliphatic heterocycles. The Morgan fingerprint density at radius 1 is 1.00 bits per heavy atom. The van der Waals surface area contributed by atoms with Crippen molar-refractivity contribution in [2.24, 2.45) is 5.16 Å². The first-order chi connectivity index (χ1) is 11.8. The van der Waals surface area contributed by atoms with Crippen LogP contribution in [0, 0.1) is 0 Å². The van der Waals surface area contributed by atoms with Crippen LogP contribution in [-0.4, -0.2) is 19.4 Å². The zero-order valence-electron chi connectivity index (χ0n) is 13.1. The number of anilines is 1. The van der Waals surface area contributed by atoms with E-state index >= 15 is 0 Å². The van der Waals surface area contributed by atoms with Gasteiger partial charge in [0, 0.05) is 10.9 Å². The molecule has 0 saturated heterocycles. The van der Waals surface area contributed by atoms with Crippen molar-refractivity contribution in [3.05, 3.63) is 72.3 Å². The summed E-state index contributed by atoms with van der Waals surface area (Å²) in [7, 11) is 1.57. The maximum absolute atomic E-state index is 11.9. The molecule has 3 rings (SSSR count). The average Bonchev–Trinajstić information content (AvgIpc) is 2.62. The number of benzene rings is 3. The molecular weight excluding hydrogens is 304 g/mol. The van der Waals surface area contributed by atoms with Crippen LogP contribution < -0.4 is 10.1 Å². The molecule has 3 aromatic carbocycles. The summed E-state index contributed by atoms with van der Waals surface area (Å²) in [5.74, 6) is 0.652. The number of rotatable bonds is 4. The molecular formula is C19H16N2O3. The molecule has 0 atom stereocenters. The number of oxime groups is 1. The summed E-state index contributed by atoms with van der Waals surface area (Å²) in [5.41, 5.74) is 1.39. The lowest BCUT2D eigenvalue weighted by Crippen LogP contribution is -2.11. The van der Waals surface area contributed by atoms with Gasteiger partial charge in [-0.1, -0.05) is 53.7 Å². The molecule has 5 heteroatoms. The van der Waals surface area contributed by atoms with Gasteiger partial charge >= 0.3 is 6.09 Å². The van der Waals surface area contributed by atoms with Gasteiger partial charge < -0.3 is 4.74 Å². The number of amides is 1. The van der Waals surface area contributed by atoms with E-state index in [1.165, 1.54) is 6.21 Å². The predicted octanol–water partition coefficient (Wildman–Crippen LogP) is 4.43. The van der Waals surface area contributed by atoms with Crippen molar-refractivity contribution in [3.63, 3.8) is 0 Å². The number of para-hydroxylation sites is 1. The molecule has 0 fully saturated rings. The van der Waals surface area contributed by atoms with Crippen molar-refractivity contribution < 1.29 is 14.4 Å². The van der Waals surface area contributed by atoms with E-state index in [2.05, 4.69) is 10.5 Å². The molecule has 0 aliphatic carbocycles. The summed E-state index contributed by atoms with van der Waals surface area (Å²) in [4.78, 5) is 16.8. The van der Waals surface area contributed by atoms with E-state index in [9.17, 15) is 4.79 Å². The van der Waals surface area contributed by atoms with Crippen LogP contribution in [0.15, 0.2) is 71.9 Å². The van der Waals surface area contributed by atoms with Gasteiger partial charge in [-0.05, 0) is 23.6 Å². The molecule has 0 aromatic heterocycles. The Hall–Kier alpha value is -3.34. The van der Waals surface area contributed by atoms with Gasteiger partial charge in [0.2, 0.25) is 0 Å². The average molecular weight is 320 g/mol. The number of methoxy groups -OCH3 is 1. The quantitative estimate of drug-likeness (QED) is 0.439. The summed E-state index contributed by atoms with van der Waals surface area (Å²) in [6.07, 6.45) is 0.777. The SMILES string of the molecule is COc1ccccc1/C=N\OC(=O)Nc1cccc2ccccc12. The third kappa shape index (κ3) is 3.52. The van der Waals surface area contributed by atoms with Gasteiger partial charge in [0.15, 0.2) is 0 Å². The first kappa shape index (κ1) is 15.6. The Bertz CT molecular complexity index is 885. The Kier molecular flexibility index (Phi) is 4.72. The minimum Gasteiger partial charge on any atom is -0.496 e. The van der Waals surface area contributed by atoms with Crippen LogP contribution in [0.4, 0.5) is 10.5 Å². The van der Waals surface area contributed by atoms with Crippen LogP contribution in [0.2, 0.25) is 0 Å². The van der Waals surface area contributed by atoms with Crippen LogP contribution >= 0.6 is 0 Å². The van der Waals surface area contributed by atoms with Crippen LogP contribution in [0.1, 0.15) is 5.56 Å². The van der Waals surface area contributed by atoms with Crippen molar-refractivity contribution in [3.8, 4) is 5.75 Å². The topological polar surface area (TPSA) is 59.9 Å². The van der Waals surface area contributed by atoms with E-state index in [1.807, 2.05) is 60.7 Å². The molecule has 5 nitrogen and oxygen atoms in total. The van der Waals surface area contributed by atoms with E-state index in [0.29, 0.717) is 11.4 Å². The van der Waals surface area contributed by atoms with Crippen molar-refractivity contribution in [2.75, 3.05) is 12.4 Å². The molecule has 24 heavy (non-hydrogen) atoms. The maximum Gasteiger partial charge on any atom is 0.437 e. The largest absolute Gasteiger partial charge is 0.496 e. The lowest BCUT2D eigenvalue weighted by molar-refractivity contribution is 0.167. The highest BCUT2D eigenvalue weighted by atomic mass is 16.7. The predicted molar refractivity (Wildman–Crippen MR) is 94.6 cm³/mol. The molecule has 3 aromatic rings. The third-order valence-electron chi connectivity index (χ3n) is 3.49.